The van der Waals surface area contributed by atoms with Gasteiger partial charge < -0.3 is 13.9 Å². The van der Waals surface area contributed by atoms with Crippen molar-refractivity contribution in [3.05, 3.63) is 52.6 Å². The van der Waals surface area contributed by atoms with Crippen LogP contribution in [0.15, 0.2) is 46.9 Å². The molecule has 8 heteroatoms. The van der Waals surface area contributed by atoms with Crippen molar-refractivity contribution >= 4 is 5.69 Å². The van der Waals surface area contributed by atoms with Gasteiger partial charge in [-0.3, -0.25) is 10.1 Å². The number of ether oxygens (including phenoxy) is 2. The lowest BCUT2D eigenvalue weighted by Gasteiger charge is -2.18. The van der Waals surface area contributed by atoms with E-state index in [0.717, 1.165) is 0 Å². The molecule has 0 spiro atoms. The summed E-state index contributed by atoms with van der Waals surface area (Å²) in [4.78, 5) is 10.6. The fourth-order valence-corrected chi connectivity index (χ4v) is 2.44. The van der Waals surface area contributed by atoms with Gasteiger partial charge in [-0.1, -0.05) is 12.1 Å². The molecule has 0 atom stereocenters. The van der Waals surface area contributed by atoms with Crippen LogP contribution >= 0.6 is 0 Å². The first-order valence-corrected chi connectivity index (χ1v) is 7.20. The highest BCUT2D eigenvalue weighted by molar-refractivity contribution is 5.68. The van der Waals surface area contributed by atoms with Gasteiger partial charge in [0.1, 0.15) is 18.8 Å². The highest BCUT2D eigenvalue weighted by atomic mass is 16.6. The largest absolute Gasteiger partial charge is 0.486 e. The van der Waals surface area contributed by atoms with E-state index in [-0.39, 0.29) is 23.0 Å². The second-order valence-corrected chi connectivity index (χ2v) is 5.05. The number of benzene rings is 2. The van der Waals surface area contributed by atoms with Gasteiger partial charge in [0, 0.05) is 11.6 Å². The van der Waals surface area contributed by atoms with Gasteiger partial charge in [-0.25, -0.2) is 0 Å². The van der Waals surface area contributed by atoms with Crippen LogP contribution in [0.2, 0.25) is 0 Å². The molecule has 0 bridgehead atoms. The molecule has 2 heterocycles. The third kappa shape index (κ3) is 2.43. The molecule has 8 nitrogen and oxygen atoms in total. The molecule has 1 aromatic heterocycles. The number of rotatable bonds is 3. The Morgan fingerprint density at radius 1 is 0.958 bits per heavy atom. The van der Waals surface area contributed by atoms with E-state index in [1.54, 1.807) is 36.4 Å². The van der Waals surface area contributed by atoms with Crippen LogP contribution in [0, 0.1) is 10.1 Å². The summed E-state index contributed by atoms with van der Waals surface area (Å²) in [5, 5.41) is 19.0. The first-order chi connectivity index (χ1) is 11.7. The molecule has 0 unspecified atom stereocenters. The Balaban J connectivity index is 1.72. The lowest BCUT2D eigenvalue weighted by Crippen LogP contribution is -2.15. The van der Waals surface area contributed by atoms with E-state index in [2.05, 4.69) is 10.2 Å². The molecule has 3 aromatic rings. The van der Waals surface area contributed by atoms with Gasteiger partial charge in [-0.15, -0.1) is 10.2 Å². The monoisotopic (exact) mass is 325 g/mol. The van der Waals surface area contributed by atoms with Gasteiger partial charge in [-0.2, -0.15) is 0 Å². The van der Waals surface area contributed by atoms with Crippen molar-refractivity contribution < 1.29 is 18.8 Å². The Morgan fingerprint density at radius 3 is 2.54 bits per heavy atom. The number of hydrogen-bond acceptors (Lipinski definition) is 7. The van der Waals surface area contributed by atoms with E-state index in [4.69, 9.17) is 13.9 Å². The number of nitrogens with zero attached hydrogens (tertiary/aromatic N) is 3. The second kappa shape index (κ2) is 5.65. The zero-order chi connectivity index (χ0) is 16.5. The van der Waals surface area contributed by atoms with Gasteiger partial charge >= 0.3 is 0 Å². The second-order valence-electron chi connectivity index (χ2n) is 5.05. The summed E-state index contributed by atoms with van der Waals surface area (Å²) in [6.07, 6.45) is 0. The number of aromatic nitrogens is 2. The summed E-state index contributed by atoms with van der Waals surface area (Å²) in [6, 6.07) is 11.5. The zero-order valence-electron chi connectivity index (χ0n) is 12.3. The molecule has 0 saturated heterocycles. The van der Waals surface area contributed by atoms with E-state index < -0.39 is 4.92 Å². The molecule has 0 amide bonds. The molecule has 120 valence electrons. The molecule has 0 N–H and O–H groups in total. The van der Waals surface area contributed by atoms with Crippen LogP contribution in [-0.2, 0) is 0 Å². The number of nitro groups is 1. The maximum absolute atomic E-state index is 11.1. The van der Waals surface area contributed by atoms with Crippen LogP contribution in [0.25, 0.3) is 22.9 Å². The molecule has 0 fully saturated rings. The molecule has 1 aliphatic rings. The minimum absolute atomic E-state index is 0.0881. The zero-order valence-corrected chi connectivity index (χ0v) is 12.3. The molecular formula is C16H11N3O5. The minimum atomic E-state index is -0.483. The Bertz CT molecular complexity index is 922. The van der Waals surface area contributed by atoms with Gasteiger partial charge in [0.15, 0.2) is 11.5 Å². The molecule has 0 radical (unpaired) electrons. The van der Waals surface area contributed by atoms with Gasteiger partial charge in [0.2, 0.25) is 5.89 Å². The maximum atomic E-state index is 11.1. The van der Waals surface area contributed by atoms with E-state index in [1.165, 1.54) is 6.07 Å². The third-order valence-corrected chi connectivity index (χ3v) is 3.55. The Morgan fingerprint density at radius 2 is 1.71 bits per heavy atom. The first-order valence-electron chi connectivity index (χ1n) is 7.20. The molecule has 0 aliphatic carbocycles. The number of fused-ring (bicyclic) bond motifs is 1. The van der Waals surface area contributed by atoms with Crippen LogP contribution in [0.5, 0.6) is 11.5 Å². The standard InChI is InChI=1S/C16H11N3O5/c20-19(21)12-4-2-1-3-11(12)16-18-17-15(24-16)10-5-6-13-14(9-10)23-8-7-22-13/h1-6,9H,7-8H2. The van der Waals surface area contributed by atoms with Crippen LogP contribution in [0.1, 0.15) is 0 Å². The van der Waals surface area contributed by atoms with Gasteiger partial charge in [0.25, 0.3) is 11.6 Å². The summed E-state index contributed by atoms with van der Waals surface area (Å²) in [5.41, 5.74) is 0.838. The third-order valence-electron chi connectivity index (χ3n) is 3.55. The van der Waals surface area contributed by atoms with Crippen molar-refractivity contribution in [2.24, 2.45) is 0 Å². The molecule has 2 aromatic carbocycles. The number of para-hydroxylation sites is 1. The van der Waals surface area contributed by atoms with Gasteiger partial charge in [0.05, 0.1) is 4.92 Å². The summed E-state index contributed by atoms with van der Waals surface area (Å²) < 4.78 is 16.6. The van der Waals surface area contributed by atoms with Crippen molar-refractivity contribution in [1.29, 1.82) is 0 Å². The smallest absolute Gasteiger partial charge is 0.282 e. The van der Waals surface area contributed by atoms with Crippen molar-refractivity contribution in [3.63, 3.8) is 0 Å². The van der Waals surface area contributed by atoms with E-state index in [1.807, 2.05) is 0 Å². The van der Waals surface area contributed by atoms with Crippen LogP contribution < -0.4 is 9.47 Å². The topological polar surface area (TPSA) is 101 Å². The number of nitro benzene ring substituents is 1. The summed E-state index contributed by atoms with van der Waals surface area (Å²) >= 11 is 0. The normalized spacial score (nSPS) is 12.8. The lowest BCUT2D eigenvalue weighted by atomic mass is 10.2. The van der Waals surface area contributed by atoms with Crippen molar-refractivity contribution in [2.45, 2.75) is 0 Å². The highest BCUT2D eigenvalue weighted by Gasteiger charge is 2.21. The molecular weight excluding hydrogens is 314 g/mol. The van der Waals surface area contributed by atoms with Crippen molar-refractivity contribution in [3.8, 4) is 34.4 Å². The van der Waals surface area contributed by atoms with E-state index in [9.17, 15) is 10.1 Å². The van der Waals surface area contributed by atoms with Gasteiger partial charge in [-0.05, 0) is 24.3 Å². The minimum Gasteiger partial charge on any atom is -0.486 e. The lowest BCUT2D eigenvalue weighted by molar-refractivity contribution is -0.384. The SMILES string of the molecule is O=[N+]([O-])c1ccccc1-c1nnc(-c2ccc3c(c2)OCCO3)o1. The average molecular weight is 325 g/mol. The maximum Gasteiger partial charge on any atom is 0.282 e. The predicted octanol–water partition coefficient (Wildman–Crippen LogP) is 3.08. The molecule has 24 heavy (non-hydrogen) atoms. The predicted molar refractivity (Wildman–Crippen MR) is 82.8 cm³/mol. The quantitative estimate of drug-likeness (QED) is 0.538. The fourth-order valence-electron chi connectivity index (χ4n) is 2.44. The Hall–Kier alpha value is -3.42. The fraction of sp³-hybridized carbons (Fsp3) is 0.125. The summed E-state index contributed by atoms with van der Waals surface area (Å²) in [7, 11) is 0. The van der Waals surface area contributed by atoms with Crippen LogP contribution in [0.4, 0.5) is 5.69 Å². The van der Waals surface area contributed by atoms with E-state index >= 15 is 0 Å². The van der Waals surface area contributed by atoms with Crippen molar-refractivity contribution in [1.82, 2.24) is 10.2 Å². The summed E-state index contributed by atoms with van der Waals surface area (Å²) in [5.74, 6) is 1.60. The van der Waals surface area contributed by atoms with Crippen LogP contribution in [-0.4, -0.2) is 28.3 Å². The number of hydrogen-bond donors (Lipinski definition) is 0. The summed E-state index contributed by atoms with van der Waals surface area (Å²) in [6.45, 7) is 0.983. The van der Waals surface area contributed by atoms with Crippen LogP contribution in [0.3, 0.4) is 0 Å². The van der Waals surface area contributed by atoms with Crippen molar-refractivity contribution in [2.75, 3.05) is 13.2 Å². The van der Waals surface area contributed by atoms with E-state index in [0.29, 0.717) is 30.3 Å². The first kappa shape index (κ1) is 14.2. The Kier molecular flexibility index (Phi) is 3.34. The molecule has 4 rings (SSSR count). The highest BCUT2D eigenvalue weighted by Crippen LogP contribution is 2.35. The Labute approximate surface area is 135 Å². The molecule has 1 aliphatic heterocycles. The average Bonchev–Trinajstić information content (AvgIpc) is 3.11. The molecule has 0 saturated carbocycles.